The molecule has 6 rings (SSSR count). The van der Waals surface area contributed by atoms with E-state index in [0.717, 1.165) is 72.3 Å². The lowest BCUT2D eigenvalue weighted by Gasteiger charge is -2.53. The molecule has 1 aliphatic carbocycles. The zero-order chi connectivity index (χ0) is 28.7. The largest absolute Gasteiger partial charge is 0.373 e. The number of aromatic nitrogens is 3. The second-order valence-corrected chi connectivity index (χ2v) is 12.7. The van der Waals surface area contributed by atoms with Crippen LogP contribution in [0.15, 0.2) is 41.4 Å². The summed E-state index contributed by atoms with van der Waals surface area (Å²) < 4.78 is 8.46. The van der Waals surface area contributed by atoms with Gasteiger partial charge in [0.1, 0.15) is 23.2 Å². The highest BCUT2D eigenvalue weighted by atomic mass is 32.1. The first-order chi connectivity index (χ1) is 19.8. The summed E-state index contributed by atoms with van der Waals surface area (Å²) in [4.78, 5) is 19.0. The molecular weight excluding hydrogens is 534 g/mol. The number of carbonyl (C=O) groups excluding carboxylic acids is 1. The van der Waals surface area contributed by atoms with E-state index in [1.165, 1.54) is 22.1 Å². The number of rotatable bonds is 7. The standard InChI is InChI=1S/C31H35N7O2S/c1-19-20(2)41-30-28(19)29(34-15-27-36-35-21(3)38(27)30)23-7-5-22(6-8-23)17-40-25-13-31(14-25)11-4-12-37(18-31)26(33)10-9-24(32)16-39/h5-10,16,25,32-33H,4,11-15,17-18H2,1-3H3/b10-9-,32-24?,33-26?. The Morgan fingerprint density at radius 2 is 1.93 bits per heavy atom. The minimum atomic E-state index is -0.115. The van der Waals surface area contributed by atoms with E-state index in [1.54, 1.807) is 17.4 Å². The molecule has 1 saturated carbocycles. The quantitative estimate of drug-likeness (QED) is 0.233. The van der Waals surface area contributed by atoms with Gasteiger partial charge >= 0.3 is 0 Å². The van der Waals surface area contributed by atoms with Crippen molar-refractivity contribution in [3.63, 3.8) is 0 Å². The summed E-state index contributed by atoms with van der Waals surface area (Å²) in [6, 6.07) is 8.59. The third kappa shape index (κ3) is 5.22. The lowest BCUT2D eigenvalue weighted by molar-refractivity contribution is -0.107. The minimum Gasteiger partial charge on any atom is -0.373 e. The zero-order valence-corrected chi connectivity index (χ0v) is 24.6. The van der Waals surface area contributed by atoms with Crippen molar-refractivity contribution in [1.82, 2.24) is 19.7 Å². The van der Waals surface area contributed by atoms with Gasteiger partial charge in [0.2, 0.25) is 0 Å². The van der Waals surface area contributed by atoms with E-state index >= 15 is 0 Å². The monoisotopic (exact) mass is 569 g/mol. The van der Waals surface area contributed by atoms with Crippen molar-refractivity contribution in [3.05, 3.63) is 75.2 Å². The number of nitrogens with zero attached hydrogens (tertiary/aromatic N) is 5. The maximum atomic E-state index is 10.7. The highest BCUT2D eigenvalue weighted by Crippen LogP contribution is 2.49. The number of nitrogens with one attached hydrogen (secondary N) is 2. The Hall–Kier alpha value is -3.76. The molecule has 1 spiro atoms. The first kappa shape index (κ1) is 27.4. The van der Waals surface area contributed by atoms with Gasteiger partial charge in [-0.3, -0.25) is 25.2 Å². The van der Waals surface area contributed by atoms with Crippen LogP contribution in [0.2, 0.25) is 0 Å². The van der Waals surface area contributed by atoms with E-state index in [9.17, 15) is 4.79 Å². The number of piperidine rings is 1. The summed E-state index contributed by atoms with van der Waals surface area (Å²) in [7, 11) is 0. The highest BCUT2D eigenvalue weighted by molar-refractivity contribution is 7.15. The van der Waals surface area contributed by atoms with E-state index in [1.807, 2.05) is 6.92 Å². The van der Waals surface area contributed by atoms with Crippen molar-refractivity contribution < 1.29 is 9.53 Å². The van der Waals surface area contributed by atoms with Crippen LogP contribution in [0.5, 0.6) is 0 Å². The normalized spacial score (nSPS) is 21.7. The number of hydrogen-bond acceptors (Lipinski definition) is 8. The zero-order valence-electron chi connectivity index (χ0n) is 23.7. The Kier molecular flexibility index (Phi) is 7.29. The fourth-order valence-electron chi connectivity index (χ4n) is 6.34. The van der Waals surface area contributed by atoms with E-state index in [2.05, 4.69) is 57.8 Å². The van der Waals surface area contributed by atoms with Crippen molar-refractivity contribution in [2.24, 2.45) is 10.4 Å². The molecule has 41 heavy (non-hydrogen) atoms. The van der Waals surface area contributed by atoms with Crippen LogP contribution >= 0.6 is 11.3 Å². The van der Waals surface area contributed by atoms with Crippen LogP contribution in [-0.4, -0.2) is 62.4 Å². The number of likely N-dealkylation sites (tertiary alicyclic amines) is 1. The molecule has 0 unspecified atom stereocenters. The Balaban J connectivity index is 1.08. The fourth-order valence-corrected chi connectivity index (χ4v) is 7.57. The van der Waals surface area contributed by atoms with Crippen LogP contribution in [0.25, 0.3) is 5.00 Å². The van der Waals surface area contributed by atoms with Gasteiger partial charge in [0, 0.05) is 29.1 Å². The van der Waals surface area contributed by atoms with Crippen molar-refractivity contribution in [2.75, 3.05) is 13.1 Å². The molecule has 10 heteroatoms. The molecule has 3 aromatic rings. The molecule has 212 valence electrons. The van der Waals surface area contributed by atoms with Crippen molar-refractivity contribution in [1.29, 1.82) is 10.8 Å². The number of carbonyl (C=O) groups is 1. The Morgan fingerprint density at radius 3 is 2.68 bits per heavy atom. The molecule has 9 nitrogen and oxygen atoms in total. The summed E-state index contributed by atoms with van der Waals surface area (Å²) in [5, 5.41) is 25.6. The van der Waals surface area contributed by atoms with Crippen LogP contribution in [0.4, 0.5) is 0 Å². The van der Waals surface area contributed by atoms with Gasteiger partial charge in [-0.15, -0.1) is 21.5 Å². The molecule has 0 bridgehead atoms. The molecule has 2 fully saturated rings. The summed E-state index contributed by atoms with van der Waals surface area (Å²) >= 11 is 1.77. The third-order valence-electron chi connectivity index (χ3n) is 8.66. The fraction of sp³-hybridized carbons (Fsp3) is 0.419. The first-order valence-electron chi connectivity index (χ1n) is 14.1. The topological polar surface area (TPSA) is 120 Å². The van der Waals surface area contributed by atoms with E-state index in [4.69, 9.17) is 20.5 Å². The molecule has 0 atom stereocenters. The molecule has 4 heterocycles. The van der Waals surface area contributed by atoms with Gasteiger partial charge in [-0.1, -0.05) is 24.3 Å². The lowest BCUT2D eigenvalue weighted by Crippen LogP contribution is -2.54. The van der Waals surface area contributed by atoms with Gasteiger partial charge in [-0.05, 0) is 75.1 Å². The number of allylic oxidation sites excluding steroid dienone is 1. The molecule has 0 radical (unpaired) electrons. The molecule has 0 amide bonds. The summed E-state index contributed by atoms with van der Waals surface area (Å²) in [5.74, 6) is 2.13. The van der Waals surface area contributed by atoms with E-state index in [-0.39, 0.29) is 17.2 Å². The van der Waals surface area contributed by atoms with Gasteiger partial charge < -0.3 is 9.64 Å². The van der Waals surface area contributed by atoms with Crippen molar-refractivity contribution in [3.8, 4) is 5.00 Å². The van der Waals surface area contributed by atoms with Gasteiger partial charge in [0.25, 0.3) is 0 Å². The number of thiophene rings is 1. The molecule has 2 N–H and O–H groups in total. The first-order valence-corrected chi connectivity index (χ1v) is 14.9. The summed E-state index contributed by atoms with van der Waals surface area (Å²) in [5.41, 5.74) is 5.75. The number of fused-ring (bicyclic) bond motifs is 3. The predicted molar refractivity (Wildman–Crippen MR) is 161 cm³/mol. The SMILES string of the molecule is Cc1sc2c(c1C)C(c1ccc(COC3CC4(CCCN(C(=N)/C=C\C(=N)C=O)C4)C3)cc1)=NCc1nnc(C)n1-2. The second kappa shape index (κ2) is 10.9. The Morgan fingerprint density at radius 1 is 1.15 bits per heavy atom. The molecule has 2 aromatic heterocycles. The molecule has 3 aliphatic rings. The van der Waals surface area contributed by atoms with E-state index < -0.39 is 0 Å². The minimum absolute atomic E-state index is 0.115. The Labute approximate surface area is 244 Å². The average molecular weight is 570 g/mol. The number of benzene rings is 1. The molecule has 2 aliphatic heterocycles. The van der Waals surface area contributed by atoms with Gasteiger partial charge in [-0.25, -0.2) is 0 Å². The molecular formula is C31H35N7O2S. The summed E-state index contributed by atoms with van der Waals surface area (Å²) in [6.45, 7) is 9.07. The van der Waals surface area contributed by atoms with Crippen LogP contribution in [0.1, 0.15) is 64.5 Å². The molecule has 1 aromatic carbocycles. The van der Waals surface area contributed by atoms with Crippen molar-refractivity contribution in [2.45, 2.75) is 65.7 Å². The summed E-state index contributed by atoms with van der Waals surface area (Å²) in [6.07, 6.45) is 7.87. The number of hydrogen-bond donors (Lipinski definition) is 2. The second-order valence-electron chi connectivity index (χ2n) is 11.5. The average Bonchev–Trinajstić information content (AvgIpc) is 3.41. The van der Waals surface area contributed by atoms with Crippen LogP contribution < -0.4 is 0 Å². The smallest absolute Gasteiger partial charge is 0.167 e. The maximum absolute atomic E-state index is 10.7. The number of ether oxygens (including phenoxy) is 1. The molecule has 1 saturated heterocycles. The van der Waals surface area contributed by atoms with Crippen LogP contribution in [0, 0.1) is 37.0 Å². The van der Waals surface area contributed by atoms with Crippen LogP contribution in [0.3, 0.4) is 0 Å². The Bertz CT molecular complexity index is 1570. The van der Waals surface area contributed by atoms with Crippen molar-refractivity contribution >= 4 is 34.9 Å². The number of aldehydes is 1. The van der Waals surface area contributed by atoms with Gasteiger partial charge in [-0.2, -0.15) is 0 Å². The number of aryl methyl sites for hydroxylation is 2. The van der Waals surface area contributed by atoms with Gasteiger partial charge in [0.15, 0.2) is 12.1 Å². The van der Waals surface area contributed by atoms with Crippen LogP contribution in [-0.2, 0) is 22.7 Å². The maximum Gasteiger partial charge on any atom is 0.167 e. The number of amidine groups is 1. The highest BCUT2D eigenvalue weighted by Gasteiger charge is 2.47. The predicted octanol–water partition coefficient (Wildman–Crippen LogP) is 5.12. The van der Waals surface area contributed by atoms with Gasteiger partial charge in [0.05, 0.1) is 24.1 Å². The number of aliphatic imine (C=N–C) groups is 1. The van der Waals surface area contributed by atoms with E-state index in [0.29, 0.717) is 25.3 Å². The third-order valence-corrected chi connectivity index (χ3v) is 9.85. The lowest BCUT2D eigenvalue weighted by atomic mass is 9.62.